The number of aromatic nitrogens is 1. The lowest BCUT2D eigenvalue weighted by atomic mass is 9.93. The molecule has 7 heteroatoms. The average molecular weight is 402 g/mol. The van der Waals surface area contributed by atoms with Gasteiger partial charge >= 0.3 is 5.97 Å². The SMILES string of the molecule is O=C(O)CC1CCN(c2c(F)cc(-c3cccc(C(O)C4CC4)n3)cc2F)CC1. The minimum atomic E-state index is -0.841. The fourth-order valence-electron chi connectivity index (χ4n) is 4.05. The van der Waals surface area contributed by atoms with E-state index in [1.165, 1.54) is 12.1 Å². The van der Waals surface area contributed by atoms with Gasteiger partial charge in [0.2, 0.25) is 0 Å². The van der Waals surface area contributed by atoms with Gasteiger partial charge in [0.1, 0.15) is 17.3 Å². The molecule has 1 saturated heterocycles. The predicted octanol–water partition coefficient (Wildman–Crippen LogP) is 4.16. The number of pyridine rings is 1. The van der Waals surface area contributed by atoms with Gasteiger partial charge in [-0.25, -0.2) is 8.78 Å². The summed E-state index contributed by atoms with van der Waals surface area (Å²) in [5.41, 5.74) is 1.20. The van der Waals surface area contributed by atoms with Crippen LogP contribution in [-0.4, -0.2) is 34.3 Å². The molecule has 1 aliphatic carbocycles. The van der Waals surface area contributed by atoms with E-state index < -0.39 is 23.7 Å². The normalized spacial score (nSPS) is 18.7. The third-order valence-electron chi connectivity index (χ3n) is 5.85. The maximum absolute atomic E-state index is 14.8. The molecule has 2 fully saturated rings. The van der Waals surface area contributed by atoms with Crippen molar-refractivity contribution in [3.8, 4) is 11.3 Å². The van der Waals surface area contributed by atoms with Crippen LogP contribution in [0.3, 0.4) is 0 Å². The molecule has 0 bridgehead atoms. The standard InChI is InChI=1S/C22H24F2N2O3/c23-16-11-15(18-2-1-3-19(25-18)22(29)14-4-5-14)12-17(24)21(16)26-8-6-13(7-9-26)10-20(27)28/h1-3,11-14,22,29H,4-10H2,(H,27,28). The van der Waals surface area contributed by atoms with Gasteiger partial charge in [0.15, 0.2) is 0 Å². The number of aliphatic hydroxyl groups excluding tert-OH is 1. The maximum atomic E-state index is 14.8. The zero-order valence-corrected chi connectivity index (χ0v) is 16.0. The van der Waals surface area contributed by atoms with Gasteiger partial charge in [-0.05, 0) is 61.8 Å². The Morgan fingerprint density at radius 3 is 2.38 bits per heavy atom. The Morgan fingerprint density at radius 1 is 1.14 bits per heavy atom. The van der Waals surface area contributed by atoms with Crippen molar-refractivity contribution in [3.63, 3.8) is 0 Å². The predicted molar refractivity (Wildman–Crippen MR) is 104 cm³/mol. The Kier molecular flexibility index (Phi) is 5.50. The molecule has 1 aromatic carbocycles. The zero-order chi connectivity index (χ0) is 20.5. The molecule has 1 unspecified atom stereocenters. The van der Waals surface area contributed by atoms with Gasteiger partial charge < -0.3 is 15.1 Å². The highest BCUT2D eigenvalue weighted by Crippen LogP contribution is 2.40. The first-order valence-corrected chi connectivity index (χ1v) is 10.0. The summed E-state index contributed by atoms with van der Waals surface area (Å²) in [7, 11) is 0. The van der Waals surface area contributed by atoms with Crippen molar-refractivity contribution in [2.75, 3.05) is 18.0 Å². The zero-order valence-electron chi connectivity index (χ0n) is 16.0. The molecule has 1 atom stereocenters. The monoisotopic (exact) mass is 402 g/mol. The van der Waals surface area contributed by atoms with Gasteiger partial charge in [-0.15, -0.1) is 0 Å². The number of anilines is 1. The Morgan fingerprint density at radius 2 is 1.79 bits per heavy atom. The summed E-state index contributed by atoms with van der Waals surface area (Å²) in [6.07, 6.45) is 2.57. The second-order valence-electron chi connectivity index (χ2n) is 8.05. The number of hydrogen-bond donors (Lipinski definition) is 2. The van der Waals surface area contributed by atoms with Gasteiger partial charge in [-0.3, -0.25) is 9.78 Å². The van der Waals surface area contributed by atoms with Crippen molar-refractivity contribution in [2.24, 2.45) is 11.8 Å². The van der Waals surface area contributed by atoms with E-state index in [4.69, 9.17) is 5.11 Å². The number of halogens is 2. The number of carboxylic acid groups (broad SMARTS) is 1. The fourth-order valence-corrected chi connectivity index (χ4v) is 4.05. The highest BCUT2D eigenvalue weighted by molar-refractivity contribution is 5.67. The lowest BCUT2D eigenvalue weighted by Crippen LogP contribution is -2.35. The number of nitrogens with zero attached hydrogens (tertiary/aromatic N) is 2. The van der Waals surface area contributed by atoms with Crippen LogP contribution in [0.15, 0.2) is 30.3 Å². The van der Waals surface area contributed by atoms with Gasteiger partial charge in [-0.2, -0.15) is 0 Å². The van der Waals surface area contributed by atoms with Gasteiger partial charge in [0.05, 0.1) is 17.5 Å². The maximum Gasteiger partial charge on any atom is 0.303 e. The molecule has 154 valence electrons. The Bertz CT molecular complexity index is 886. The van der Waals surface area contributed by atoms with Crippen LogP contribution in [0.1, 0.15) is 43.9 Å². The largest absolute Gasteiger partial charge is 0.481 e. The highest BCUT2D eigenvalue weighted by Gasteiger charge is 2.32. The highest BCUT2D eigenvalue weighted by atomic mass is 19.1. The smallest absolute Gasteiger partial charge is 0.303 e. The molecule has 1 aliphatic heterocycles. The van der Waals surface area contributed by atoms with Crippen molar-refractivity contribution >= 4 is 11.7 Å². The van der Waals surface area contributed by atoms with Crippen molar-refractivity contribution < 1.29 is 23.8 Å². The van der Waals surface area contributed by atoms with Crippen molar-refractivity contribution in [1.29, 1.82) is 0 Å². The summed E-state index contributed by atoms with van der Waals surface area (Å²) >= 11 is 0. The van der Waals surface area contributed by atoms with E-state index in [1.54, 1.807) is 23.1 Å². The molecule has 0 amide bonds. The lowest BCUT2D eigenvalue weighted by Gasteiger charge is -2.33. The van der Waals surface area contributed by atoms with Crippen LogP contribution < -0.4 is 4.90 Å². The Labute approximate surface area is 168 Å². The van der Waals surface area contributed by atoms with E-state index in [0.29, 0.717) is 42.9 Å². The fraction of sp³-hybridized carbons (Fsp3) is 0.455. The Balaban J connectivity index is 1.54. The number of piperidine rings is 1. The number of carbonyl (C=O) groups is 1. The third kappa shape index (κ3) is 4.40. The van der Waals surface area contributed by atoms with E-state index in [9.17, 15) is 18.7 Å². The minimum Gasteiger partial charge on any atom is -0.481 e. The molecule has 29 heavy (non-hydrogen) atoms. The minimum absolute atomic E-state index is 0.0407. The van der Waals surface area contributed by atoms with Crippen LogP contribution in [0.2, 0.25) is 0 Å². The van der Waals surface area contributed by atoms with Crippen molar-refractivity contribution in [2.45, 2.75) is 38.2 Å². The Hall–Kier alpha value is -2.54. The quantitative estimate of drug-likeness (QED) is 0.759. The van der Waals surface area contributed by atoms with Crippen molar-refractivity contribution in [3.05, 3.63) is 47.7 Å². The van der Waals surface area contributed by atoms with E-state index in [1.807, 2.05) is 0 Å². The van der Waals surface area contributed by atoms with Gasteiger partial charge in [0, 0.05) is 25.1 Å². The molecule has 1 saturated carbocycles. The van der Waals surface area contributed by atoms with Gasteiger partial charge in [0.25, 0.3) is 0 Å². The third-order valence-corrected chi connectivity index (χ3v) is 5.85. The molecule has 2 aliphatic rings. The van der Waals surface area contributed by atoms with Crippen LogP contribution in [0.25, 0.3) is 11.3 Å². The topological polar surface area (TPSA) is 73.7 Å². The van der Waals surface area contributed by atoms with Crippen LogP contribution in [0.5, 0.6) is 0 Å². The number of aliphatic carboxylic acids is 1. The molecule has 0 radical (unpaired) electrons. The molecular formula is C22H24F2N2O3. The first-order chi connectivity index (χ1) is 13.9. The molecule has 0 spiro atoms. The number of hydrogen-bond acceptors (Lipinski definition) is 4. The number of rotatable bonds is 6. The lowest BCUT2D eigenvalue weighted by molar-refractivity contribution is -0.138. The summed E-state index contributed by atoms with van der Waals surface area (Å²) in [4.78, 5) is 16.9. The van der Waals surface area contributed by atoms with E-state index >= 15 is 0 Å². The van der Waals surface area contributed by atoms with E-state index in [2.05, 4.69) is 4.98 Å². The molecule has 1 aromatic heterocycles. The van der Waals surface area contributed by atoms with Crippen LogP contribution in [0.4, 0.5) is 14.5 Å². The summed E-state index contributed by atoms with van der Waals surface area (Å²) in [6, 6.07) is 7.69. The van der Waals surface area contributed by atoms with Crippen LogP contribution in [-0.2, 0) is 4.79 Å². The number of aliphatic hydroxyl groups is 1. The first kappa shape index (κ1) is 19.8. The molecular weight excluding hydrogens is 378 g/mol. The first-order valence-electron chi connectivity index (χ1n) is 10.0. The average Bonchev–Trinajstić information content (AvgIpc) is 3.53. The van der Waals surface area contributed by atoms with Crippen molar-refractivity contribution in [1.82, 2.24) is 4.98 Å². The summed E-state index contributed by atoms with van der Waals surface area (Å²) in [6.45, 7) is 0.846. The van der Waals surface area contributed by atoms with Gasteiger partial charge in [-0.1, -0.05) is 6.07 Å². The second kappa shape index (κ2) is 8.06. The molecule has 2 heterocycles. The second-order valence-corrected chi connectivity index (χ2v) is 8.05. The molecule has 2 aromatic rings. The summed E-state index contributed by atoms with van der Waals surface area (Å²) in [5, 5.41) is 19.2. The molecule has 2 N–H and O–H groups in total. The summed E-state index contributed by atoms with van der Waals surface area (Å²) < 4.78 is 29.7. The number of benzene rings is 1. The van der Waals surface area contributed by atoms with Crippen LogP contribution >= 0.6 is 0 Å². The molecule has 5 nitrogen and oxygen atoms in total. The number of carboxylic acids is 1. The summed E-state index contributed by atoms with van der Waals surface area (Å²) in [5.74, 6) is -1.90. The van der Waals surface area contributed by atoms with Crippen LogP contribution in [0, 0.1) is 23.5 Å². The molecule has 4 rings (SSSR count). The van der Waals surface area contributed by atoms with E-state index in [0.717, 1.165) is 12.8 Å². The van der Waals surface area contributed by atoms with E-state index in [-0.39, 0.29) is 23.9 Å².